The molecule has 1 saturated heterocycles. The van der Waals surface area contributed by atoms with Crippen LogP contribution >= 0.6 is 0 Å². The minimum Gasteiger partial charge on any atom is -0.372 e. The highest BCUT2D eigenvalue weighted by molar-refractivity contribution is 5.94. The minimum absolute atomic E-state index is 0.0602. The number of nitrogens with zero attached hydrogens (tertiary/aromatic N) is 2. The molecule has 2 fully saturated rings. The number of aromatic nitrogens is 2. The third-order valence-electron chi connectivity index (χ3n) is 5.58. The number of anilines is 2. The van der Waals surface area contributed by atoms with Crippen molar-refractivity contribution >= 4 is 17.4 Å². The smallest absolute Gasteiger partial charge is 0.226 e. The van der Waals surface area contributed by atoms with Crippen LogP contribution in [0.5, 0.6) is 0 Å². The lowest BCUT2D eigenvalue weighted by molar-refractivity contribution is -0.116. The maximum absolute atomic E-state index is 12.1. The van der Waals surface area contributed by atoms with Crippen LogP contribution in [0.3, 0.4) is 0 Å². The molecule has 5 rings (SSSR count). The number of carbonyl (C=O) groups is 1. The van der Waals surface area contributed by atoms with Gasteiger partial charge < -0.3 is 10.2 Å². The Labute approximate surface area is 141 Å². The highest BCUT2D eigenvalue weighted by Gasteiger charge is 2.37. The van der Waals surface area contributed by atoms with Crippen molar-refractivity contribution in [1.29, 1.82) is 0 Å². The fraction of sp³-hybridized carbons (Fsp3) is 0.474. The standard InChI is InChI=1S/C19H22N4O/c24-16-11-15(17-18(13-3-4-13)21-22-19(17)20-16)12-5-7-14(8-6-12)23-9-1-2-10-23/h5-8,13,15H,1-4,9-11H2,(H2,20,21,22,24). The summed E-state index contributed by atoms with van der Waals surface area (Å²) in [7, 11) is 0. The Balaban J connectivity index is 1.50. The van der Waals surface area contributed by atoms with E-state index in [1.165, 1.54) is 48.2 Å². The third-order valence-corrected chi connectivity index (χ3v) is 5.58. The number of H-pyrrole nitrogens is 1. The molecule has 1 amide bonds. The van der Waals surface area contributed by atoms with Gasteiger partial charge in [-0.15, -0.1) is 0 Å². The van der Waals surface area contributed by atoms with Gasteiger partial charge in [-0.25, -0.2) is 0 Å². The van der Waals surface area contributed by atoms with Crippen LogP contribution in [0.2, 0.25) is 0 Å². The number of amides is 1. The average molecular weight is 322 g/mol. The van der Waals surface area contributed by atoms with E-state index in [1.54, 1.807) is 0 Å². The Morgan fingerprint density at radius 3 is 2.54 bits per heavy atom. The molecule has 1 aromatic carbocycles. The summed E-state index contributed by atoms with van der Waals surface area (Å²) in [5.74, 6) is 1.52. The van der Waals surface area contributed by atoms with Gasteiger partial charge in [0.2, 0.25) is 5.91 Å². The first kappa shape index (κ1) is 14.1. The van der Waals surface area contributed by atoms with Crippen molar-refractivity contribution in [1.82, 2.24) is 10.2 Å². The lowest BCUT2D eigenvalue weighted by Crippen LogP contribution is -2.24. The number of hydrogen-bond acceptors (Lipinski definition) is 3. The van der Waals surface area contributed by atoms with Gasteiger partial charge in [0.15, 0.2) is 5.82 Å². The quantitative estimate of drug-likeness (QED) is 0.911. The molecule has 2 aromatic rings. The molecular weight excluding hydrogens is 300 g/mol. The first-order valence-corrected chi connectivity index (χ1v) is 9.02. The Hall–Kier alpha value is -2.30. The molecule has 3 aliphatic rings. The van der Waals surface area contributed by atoms with Crippen molar-refractivity contribution in [3.05, 3.63) is 41.1 Å². The summed E-state index contributed by atoms with van der Waals surface area (Å²) in [6.07, 6.45) is 5.53. The van der Waals surface area contributed by atoms with Crippen molar-refractivity contribution < 1.29 is 4.79 Å². The van der Waals surface area contributed by atoms with Crippen molar-refractivity contribution in [2.75, 3.05) is 23.3 Å². The van der Waals surface area contributed by atoms with Crippen molar-refractivity contribution in [2.24, 2.45) is 0 Å². The van der Waals surface area contributed by atoms with Gasteiger partial charge in [-0.1, -0.05) is 12.1 Å². The number of hydrogen-bond donors (Lipinski definition) is 2. The van der Waals surface area contributed by atoms with E-state index in [4.69, 9.17) is 0 Å². The molecule has 1 aromatic heterocycles. The molecule has 1 atom stereocenters. The van der Waals surface area contributed by atoms with Crippen LogP contribution < -0.4 is 10.2 Å². The lowest BCUT2D eigenvalue weighted by atomic mass is 9.85. The molecule has 1 unspecified atom stereocenters. The van der Waals surface area contributed by atoms with E-state index in [9.17, 15) is 4.79 Å². The predicted molar refractivity (Wildman–Crippen MR) is 93.5 cm³/mol. The van der Waals surface area contributed by atoms with Gasteiger partial charge in [-0.05, 0) is 43.4 Å². The van der Waals surface area contributed by atoms with Gasteiger partial charge in [0, 0.05) is 48.3 Å². The number of nitrogens with one attached hydrogen (secondary N) is 2. The second-order valence-corrected chi connectivity index (χ2v) is 7.26. The van der Waals surface area contributed by atoms with Gasteiger partial charge in [-0.2, -0.15) is 5.10 Å². The molecule has 124 valence electrons. The summed E-state index contributed by atoms with van der Waals surface area (Å²) < 4.78 is 0. The van der Waals surface area contributed by atoms with Crippen LogP contribution in [-0.4, -0.2) is 29.2 Å². The van der Waals surface area contributed by atoms with Crippen molar-refractivity contribution in [3.63, 3.8) is 0 Å². The highest BCUT2D eigenvalue weighted by atomic mass is 16.1. The Morgan fingerprint density at radius 1 is 1.08 bits per heavy atom. The second kappa shape index (κ2) is 5.36. The molecule has 0 spiro atoms. The lowest BCUT2D eigenvalue weighted by Gasteiger charge is -2.24. The van der Waals surface area contributed by atoms with Crippen LogP contribution in [0.1, 0.15) is 60.8 Å². The van der Waals surface area contributed by atoms with E-state index in [1.807, 2.05) is 0 Å². The van der Waals surface area contributed by atoms with Crippen LogP contribution in [0.4, 0.5) is 11.5 Å². The summed E-state index contributed by atoms with van der Waals surface area (Å²) in [6.45, 7) is 2.31. The zero-order chi connectivity index (χ0) is 16.1. The largest absolute Gasteiger partial charge is 0.372 e. The molecular formula is C19H22N4O. The topological polar surface area (TPSA) is 61.0 Å². The van der Waals surface area contributed by atoms with Crippen molar-refractivity contribution in [2.45, 2.75) is 43.9 Å². The zero-order valence-corrected chi connectivity index (χ0v) is 13.7. The van der Waals surface area contributed by atoms with Crippen LogP contribution in [-0.2, 0) is 4.79 Å². The number of fused-ring (bicyclic) bond motifs is 1. The van der Waals surface area contributed by atoms with E-state index >= 15 is 0 Å². The summed E-state index contributed by atoms with van der Waals surface area (Å²) in [6, 6.07) is 8.82. The summed E-state index contributed by atoms with van der Waals surface area (Å²) >= 11 is 0. The van der Waals surface area contributed by atoms with Gasteiger partial charge >= 0.3 is 0 Å². The second-order valence-electron chi connectivity index (χ2n) is 7.26. The first-order chi connectivity index (χ1) is 11.8. The Kier molecular flexibility index (Phi) is 3.15. The molecule has 5 nitrogen and oxygen atoms in total. The van der Waals surface area contributed by atoms with Crippen molar-refractivity contribution in [3.8, 4) is 0 Å². The van der Waals surface area contributed by atoms with E-state index in [0.29, 0.717) is 12.3 Å². The maximum Gasteiger partial charge on any atom is 0.226 e. The van der Waals surface area contributed by atoms with Gasteiger partial charge in [0.05, 0.1) is 0 Å². The molecule has 0 radical (unpaired) electrons. The van der Waals surface area contributed by atoms with E-state index in [-0.39, 0.29) is 11.8 Å². The molecule has 2 aliphatic heterocycles. The van der Waals surface area contributed by atoms with Gasteiger partial charge in [0.25, 0.3) is 0 Å². The van der Waals surface area contributed by atoms with Crippen LogP contribution in [0, 0.1) is 0 Å². The highest BCUT2D eigenvalue weighted by Crippen LogP contribution is 2.47. The monoisotopic (exact) mass is 322 g/mol. The predicted octanol–water partition coefficient (Wildman–Crippen LogP) is 3.36. The molecule has 1 saturated carbocycles. The molecule has 24 heavy (non-hydrogen) atoms. The number of aromatic amines is 1. The van der Waals surface area contributed by atoms with Crippen LogP contribution in [0.25, 0.3) is 0 Å². The van der Waals surface area contributed by atoms with E-state index in [2.05, 4.69) is 44.7 Å². The van der Waals surface area contributed by atoms with Crippen LogP contribution in [0.15, 0.2) is 24.3 Å². The van der Waals surface area contributed by atoms with Gasteiger partial charge in [0.1, 0.15) is 0 Å². The number of rotatable bonds is 3. The number of carbonyl (C=O) groups excluding carboxylic acids is 1. The summed E-state index contributed by atoms with van der Waals surface area (Å²) in [5.41, 5.74) is 4.97. The molecule has 5 heteroatoms. The van der Waals surface area contributed by atoms with E-state index in [0.717, 1.165) is 18.9 Å². The summed E-state index contributed by atoms with van der Waals surface area (Å²) in [4.78, 5) is 14.5. The fourth-order valence-electron chi connectivity index (χ4n) is 4.14. The zero-order valence-electron chi connectivity index (χ0n) is 13.7. The van der Waals surface area contributed by atoms with E-state index < -0.39 is 0 Å². The first-order valence-electron chi connectivity index (χ1n) is 9.02. The Morgan fingerprint density at radius 2 is 1.83 bits per heavy atom. The fourth-order valence-corrected chi connectivity index (χ4v) is 4.14. The summed E-state index contributed by atoms with van der Waals surface area (Å²) in [5, 5.41) is 10.5. The normalized spacial score (nSPS) is 23.2. The average Bonchev–Trinajstić information content (AvgIpc) is 3.13. The molecule has 0 bridgehead atoms. The van der Waals surface area contributed by atoms with Gasteiger partial charge in [-0.3, -0.25) is 9.89 Å². The molecule has 1 aliphatic carbocycles. The minimum atomic E-state index is 0.0602. The third kappa shape index (κ3) is 2.30. The maximum atomic E-state index is 12.1. The number of benzene rings is 1. The molecule has 3 heterocycles. The Bertz CT molecular complexity index is 769. The molecule has 2 N–H and O–H groups in total. The SMILES string of the molecule is O=C1CC(c2ccc(N3CCCC3)cc2)c2c(n[nH]c2C2CC2)N1.